The van der Waals surface area contributed by atoms with Gasteiger partial charge in [0.2, 0.25) is 5.91 Å². The molecule has 2 aromatic rings. The van der Waals surface area contributed by atoms with E-state index in [0.29, 0.717) is 25.1 Å². The molecule has 206 valence electrons. The third-order valence-corrected chi connectivity index (χ3v) is 9.45. The predicted octanol–water partition coefficient (Wildman–Crippen LogP) is 4.31. The van der Waals surface area contributed by atoms with Crippen molar-refractivity contribution in [3.63, 3.8) is 0 Å². The number of phenolic OH excluding ortho intramolecular Hbond substituents is 1. The van der Waals surface area contributed by atoms with Gasteiger partial charge < -0.3 is 19.5 Å². The van der Waals surface area contributed by atoms with Gasteiger partial charge in [-0.15, -0.1) is 0 Å². The Hall–Kier alpha value is -3.32. The van der Waals surface area contributed by atoms with Crippen molar-refractivity contribution in [3.05, 3.63) is 65.2 Å². The number of hydrogen-bond acceptors (Lipinski definition) is 6. The number of amides is 1. The zero-order valence-corrected chi connectivity index (χ0v) is 23.2. The van der Waals surface area contributed by atoms with Gasteiger partial charge in [-0.2, -0.15) is 0 Å². The fourth-order valence-electron chi connectivity index (χ4n) is 8.09. The summed E-state index contributed by atoms with van der Waals surface area (Å²) in [6, 6.07) is 13.3. The minimum atomic E-state index is -0.786. The summed E-state index contributed by atoms with van der Waals surface area (Å²) in [5.74, 6) is 0.501. The Labute approximate surface area is 230 Å². The molecule has 6 rings (SSSR count). The molecular weight excluding hydrogens is 492 g/mol. The van der Waals surface area contributed by atoms with Gasteiger partial charge in [0.1, 0.15) is 11.7 Å². The van der Waals surface area contributed by atoms with Gasteiger partial charge in [-0.05, 0) is 68.5 Å². The smallest absolute Gasteiger partial charge is 0.303 e. The maximum absolute atomic E-state index is 13.9. The molecule has 4 aliphatic rings. The van der Waals surface area contributed by atoms with Crippen LogP contribution in [0.2, 0.25) is 0 Å². The highest BCUT2D eigenvalue weighted by Gasteiger charge is 2.75. The topological polar surface area (TPSA) is 79.3 Å². The summed E-state index contributed by atoms with van der Waals surface area (Å²) in [4.78, 5) is 30.8. The maximum atomic E-state index is 13.9. The van der Waals surface area contributed by atoms with Crippen molar-refractivity contribution in [2.24, 2.45) is 5.92 Å². The third kappa shape index (κ3) is 3.80. The molecule has 1 saturated carbocycles. The summed E-state index contributed by atoms with van der Waals surface area (Å²) in [6.07, 6.45) is 5.81. The van der Waals surface area contributed by atoms with E-state index in [-0.39, 0.29) is 35.6 Å². The Bertz CT molecular complexity index is 1320. The molecule has 1 amide bonds. The first-order valence-corrected chi connectivity index (χ1v) is 14.1. The van der Waals surface area contributed by atoms with E-state index < -0.39 is 17.1 Å². The van der Waals surface area contributed by atoms with E-state index in [2.05, 4.69) is 25.8 Å². The van der Waals surface area contributed by atoms with Crippen LogP contribution in [0, 0.1) is 5.92 Å². The molecule has 1 saturated heterocycles. The van der Waals surface area contributed by atoms with E-state index >= 15 is 0 Å². The largest absolute Gasteiger partial charge is 0.504 e. The van der Waals surface area contributed by atoms with Crippen LogP contribution >= 0.6 is 0 Å². The summed E-state index contributed by atoms with van der Waals surface area (Å²) < 4.78 is 13.2. The molecule has 2 aliphatic carbocycles. The Kier molecular flexibility index (Phi) is 6.25. The van der Waals surface area contributed by atoms with Gasteiger partial charge in [-0.3, -0.25) is 14.5 Å². The van der Waals surface area contributed by atoms with Gasteiger partial charge in [0.05, 0.1) is 17.5 Å². The lowest BCUT2D eigenvalue weighted by Gasteiger charge is -2.65. The predicted molar refractivity (Wildman–Crippen MR) is 148 cm³/mol. The highest BCUT2D eigenvalue weighted by molar-refractivity contribution is 5.92. The van der Waals surface area contributed by atoms with Crippen molar-refractivity contribution in [2.45, 2.75) is 75.7 Å². The molecule has 0 aromatic heterocycles. The van der Waals surface area contributed by atoms with E-state index in [1.807, 2.05) is 47.4 Å². The fourth-order valence-corrected chi connectivity index (χ4v) is 8.09. The first-order valence-electron chi connectivity index (χ1n) is 14.1. The van der Waals surface area contributed by atoms with Crippen LogP contribution in [-0.4, -0.2) is 70.7 Å². The van der Waals surface area contributed by atoms with E-state index in [1.54, 1.807) is 12.1 Å². The first-order chi connectivity index (χ1) is 18.7. The number of nitrogens with zero attached hydrogens (tertiary/aromatic N) is 2. The molecule has 2 heterocycles. The molecule has 1 spiro atoms. The summed E-state index contributed by atoms with van der Waals surface area (Å²) >= 11 is 0. The summed E-state index contributed by atoms with van der Waals surface area (Å²) in [6.45, 7) is 7.12. The third-order valence-electron chi connectivity index (χ3n) is 9.45. The number of phenols is 1. The summed E-state index contributed by atoms with van der Waals surface area (Å²) in [5, 5.41) is 11.0. The molecule has 2 unspecified atom stereocenters. The fraction of sp³-hybridized carbons (Fsp3) is 0.500. The molecule has 2 bridgehead atoms. The number of benzene rings is 2. The lowest BCUT2D eigenvalue weighted by Crippen LogP contribution is -2.79. The highest BCUT2D eigenvalue weighted by Crippen LogP contribution is 2.67. The second-order valence-corrected chi connectivity index (χ2v) is 12.1. The van der Waals surface area contributed by atoms with Gasteiger partial charge in [0.25, 0.3) is 0 Å². The second kappa shape index (κ2) is 9.40. The zero-order chi connectivity index (χ0) is 27.5. The SMILES string of the molecule is CC(=O)O[C@@]12CCC(N(CC(C)C)C(=O)/C=C/c3ccccc3)C3Oc4c(O)ccc5c4[C@@]31CCN(C)[C@@H]2C5. The van der Waals surface area contributed by atoms with Gasteiger partial charge in [-0.1, -0.05) is 50.2 Å². The standard InChI is InChI=1S/C32H38N2O5/c1-20(2)19-34(27(37)13-10-22-8-6-5-7-9-22)24-14-15-32(39-21(3)35)26-18-23-11-12-25(36)29-28(23)31(32,30(24)38-29)16-17-33(26)4/h5-13,20,24,26,30,36H,14-19H2,1-4H3/b13-10+/t24?,26-,30?,31+,32-/m1/s1. The van der Waals surface area contributed by atoms with E-state index in [0.717, 1.165) is 36.1 Å². The van der Waals surface area contributed by atoms with Crippen molar-refractivity contribution >= 4 is 18.0 Å². The molecule has 39 heavy (non-hydrogen) atoms. The van der Waals surface area contributed by atoms with E-state index in [4.69, 9.17) is 9.47 Å². The average molecular weight is 531 g/mol. The van der Waals surface area contributed by atoms with Crippen LogP contribution in [0.1, 0.15) is 56.7 Å². The number of hydrogen-bond donors (Lipinski definition) is 1. The van der Waals surface area contributed by atoms with E-state index in [1.165, 1.54) is 6.92 Å². The molecule has 1 N–H and O–H groups in total. The number of aromatic hydroxyl groups is 1. The molecule has 2 aliphatic heterocycles. The first kappa shape index (κ1) is 25.9. The van der Waals surface area contributed by atoms with Gasteiger partial charge in [-0.25, -0.2) is 0 Å². The number of rotatable bonds is 6. The van der Waals surface area contributed by atoms with Crippen LogP contribution in [0.15, 0.2) is 48.5 Å². The van der Waals surface area contributed by atoms with Crippen molar-refractivity contribution in [3.8, 4) is 11.5 Å². The van der Waals surface area contributed by atoms with Gasteiger partial charge in [0.15, 0.2) is 11.5 Å². The lowest BCUT2D eigenvalue weighted by molar-refractivity contribution is -0.221. The number of piperidine rings is 1. The maximum Gasteiger partial charge on any atom is 0.303 e. The van der Waals surface area contributed by atoms with Crippen LogP contribution in [-0.2, 0) is 26.2 Å². The Morgan fingerprint density at radius 3 is 2.69 bits per heavy atom. The molecular formula is C32H38N2O5. The Morgan fingerprint density at radius 2 is 1.97 bits per heavy atom. The number of esters is 1. The molecule has 0 radical (unpaired) electrons. The molecule has 7 nitrogen and oxygen atoms in total. The molecule has 7 heteroatoms. The van der Waals surface area contributed by atoms with Crippen LogP contribution < -0.4 is 4.74 Å². The lowest BCUT2D eigenvalue weighted by atomic mass is 9.48. The van der Waals surface area contributed by atoms with Crippen LogP contribution in [0.4, 0.5) is 0 Å². The summed E-state index contributed by atoms with van der Waals surface area (Å²) in [5.41, 5.74) is 1.66. The van der Waals surface area contributed by atoms with E-state index in [9.17, 15) is 14.7 Å². The van der Waals surface area contributed by atoms with Crippen molar-refractivity contribution < 1.29 is 24.2 Å². The minimum absolute atomic E-state index is 0.00239. The molecule has 2 aromatic carbocycles. The van der Waals surface area contributed by atoms with Gasteiger partial charge >= 0.3 is 5.97 Å². The monoisotopic (exact) mass is 530 g/mol. The van der Waals surface area contributed by atoms with Crippen molar-refractivity contribution in [1.82, 2.24) is 9.80 Å². The van der Waals surface area contributed by atoms with Crippen molar-refractivity contribution in [2.75, 3.05) is 20.1 Å². The molecule has 2 fully saturated rings. The van der Waals surface area contributed by atoms with Crippen molar-refractivity contribution in [1.29, 1.82) is 0 Å². The summed E-state index contributed by atoms with van der Waals surface area (Å²) in [7, 11) is 2.11. The Morgan fingerprint density at radius 1 is 1.21 bits per heavy atom. The van der Waals surface area contributed by atoms with Crippen LogP contribution in [0.25, 0.3) is 6.08 Å². The zero-order valence-electron chi connectivity index (χ0n) is 23.2. The number of carbonyl (C=O) groups is 2. The Balaban J connectivity index is 1.47. The number of likely N-dealkylation sites (tertiary alicyclic amines) is 1. The average Bonchev–Trinajstić information content (AvgIpc) is 3.26. The number of ether oxygens (including phenoxy) is 2. The van der Waals surface area contributed by atoms with Crippen LogP contribution in [0.5, 0.6) is 11.5 Å². The van der Waals surface area contributed by atoms with Gasteiger partial charge in [0, 0.05) is 25.1 Å². The van der Waals surface area contributed by atoms with Crippen LogP contribution in [0.3, 0.4) is 0 Å². The number of carbonyl (C=O) groups excluding carboxylic acids is 2. The highest BCUT2D eigenvalue weighted by atomic mass is 16.6. The molecule has 5 atom stereocenters. The number of likely N-dealkylation sites (N-methyl/N-ethyl adjacent to an activating group) is 1. The second-order valence-electron chi connectivity index (χ2n) is 12.1. The normalized spacial score (nSPS) is 30.6. The quantitative estimate of drug-likeness (QED) is 0.443. The minimum Gasteiger partial charge on any atom is -0.504 e.